The first-order valence-corrected chi connectivity index (χ1v) is 6.96. The van der Waals surface area contributed by atoms with Crippen molar-refractivity contribution in [2.75, 3.05) is 0 Å². The van der Waals surface area contributed by atoms with Crippen molar-refractivity contribution in [3.8, 4) is 6.07 Å². The highest BCUT2D eigenvalue weighted by atomic mass is 14.2. The first-order chi connectivity index (χ1) is 7.91. The molecule has 0 saturated heterocycles. The van der Waals surface area contributed by atoms with Gasteiger partial charge in [-0.2, -0.15) is 5.26 Å². The van der Waals surface area contributed by atoms with E-state index in [0.717, 1.165) is 6.42 Å². The number of unbranched alkanes of at least 4 members (excludes halogenated alkanes) is 10. The van der Waals surface area contributed by atoms with Gasteiger partial charge in [0.2, 0.25) is 0 Å². The van der Waals surface area contributed by atoms with Gasteiger partial charge in [-0.25, -0.2) is 0 Å². The summed E-state index contributed by atoms with van der Waals surface area (Å²) in [7, 11) is 0. The van der Waals surface area contributed by atoms with Crippen LogP contribution in [0.1, 0.15) is 77.6 Å². The van der Waals surface area contributed by atoms with Crippen molar-refractivity contribution in [1.29, 1.82) is 5.26 Å². The van der Waals surface area contributed by atoms with E-state index in [1.54, 1.807) is 6.08 Å². The molecule has 0 N–H and O–H groups in total. The van der Waals surface area contributed by atoms with Gasteiger partial charge in [-0.05, 0) is 12.8 Å². The molecule has 0 atom stereocenters. The van der Waals surface area contributed by atoms with Gasteiger partial charge < -0.3 is 0 Å². The molecule has 0 radical (unpaired) electrons. The molecule has 1 nitrogen and oxygen atoms in total. The van der Waals surface area contributed by atoms with Crippen molar-refractivity contribution >= 4 is 0 Å². The lowest BCUT2D eigenvalue weighted by atomic mass is 10.1. The van der Waals surface area contributed by atoms with Crippen LogP contribution in [0.25, 0.3) is 0 Å². The summed E-state index contributed by atoms with van der Waals surface area (Å²) in [4.78, 5) is 0. The largest absolute Gasteiger partial charge is 0.193 e. The second kappa shape index (κ2) is 14.2. The average molecular weight is 221 g/mol. The van der Waals surface area contributed by atoms with Gasteiger partial charge in [0, 0.05) is 6.08 Å². The molecule has 92 valence electrons. The summed E-state index contributed by atoms with van der Waals surface area (Å²) >= 11 is 0. The normalized spacial score (nSPS) is 10.8. The molecule has 0 aliphatic rings. The molecule has 0 aromatic carbocycles. The Morgan fingerprint density at radius 3 is 1.81 bits per heavy atom. The number of hydrogen-bond donors (Lipinski definition) is 0. The zero-order valence-corrected chi connectivity index (χ0v) is 10.9. The Kier molecular flexibility index (Phi) is 13.5. The second-order valence-electron chi connectivity index (χ2n) is 4.50. The highest BCUT2D eigenvalue weighted by Gasteiger charge is 1.91. The first kappa shape index (κ1) is 15.2. The van der Waals surface area contributed by atoms with Crippen molar-refractivity contribution < 1.29 is 0 Å². The lowest BCUT2D eigenvalue weighted by Crippen LogP contribution is -1.81. The molecule has 0 saturated carbocycles. The summed E-state index contributed by atoms with van der Waals surface area (Å²) in [6.07, 6.45) is 18.4. The maximum Gasteiger partial charge on any atom is 0.0908 e. The summed E-state index contributed by atoms with van der Waals surface area (Å²) in [6, 6.07) is 2.02. The van der Waals surface area contributed by atoms with Gasteiger partial charge in [-0.15, -0.1) is 0 Å². The molecule has 0 unspecified atom stereocenters. The van der Waals surface area contributed by atoms with Gasteiger partial charge >= 0.3 is 0 Å². The van der Waals surface area contributed by atoms with Crippen LogP contribution in [0.3, 0.4) is 0 Å². The predicted octanol–water partition coefficient (Wildman–Crippen LogP) is 5.38. The number of rotatable bonds is 11. The van der Waals surface area contributed by atoms with Crippen LogP contribution < -0.4 is 0 Å². The van der Waals surface area contributed by atoms with E-state index in [2.05, 4.69) is 6.92 Å². The third kappa shape index (κ3) is 13.2. The average Bonchev–Trinajstić information content (AvgIpc) is 2.31. The lowest BCUT2D eigenvalue weighted by molar-refractivity contribution is 0.557. The van der Waals surface area contributed by atoms with Crippen LogP contribution in [0, 0.1) is 11.3 Å². The van der Waals surface area contributed by atoms with Crippen LogP contribution in [0.4, 0.5) is 0 Å². The van der Waals surface area contributed by atoms with E-state index in [9.17, 15) is 0 Å². The number of hydrogen-bond acceptors (Lipinski definition) is 1. The van der Waals surface area contributed by atoms with Crippen LogP contribution in [-0.2, 0) is 0 Å². The molecule has 0 aliphatic carbocycles. The van der Waals surface area contributed by atoms with Crippen LogP contribution in [-0.4, -0.2) is 0 Å². The van der Waals surface area contributed by atoms with Crippen molar-refractivity contribution in [2.24, 2.45) is 0 Å². The van der Waals surface area contributed by atoms with Crippen LogP contribution in [0.5, 0.6) is 0 Å². The van der Waals surface area contributed by atoms with Crippen molar-refractivity contribution in [3.05, 3.63) is 12.2 Å². The number of nitriles is 1. The highest BCUT2D eigenvalue weighted by molar-refractivity contribution is 5.01. The number of allylic oxidation sites excluding steroid dienone is 2. The number of nitrogens with zero attached hydrogens (tertiary/aromatic N) is 1. The maximum atomic E-state index is 8.29. The monoisotopic (exact) mass is 221 g/mol. The minimum atomic E-state index is 1.07. The molecular formula is C15H27N. The Morgan fingerprint density at radius 2 is 1.31 bits per heavy atom. The van der Waals surface area contributed by atoms with Gasteiger partial charge in [-0.3, -0.25) is 0 Å². The quantitative estimate of drug-likeness (QED) is 0.339. The summed E-state index contributed by atoms with van der Waals surface area (Å²) in [5.74, 6) is 0. The molecular weight excluding hydrogens is 194 g/mol. The van der Waals surface area contributed by atoms with Crippen LogP contribution >= 0.6 is 0 Å². The fraction of sp³-hybridized carbons (Fsp3) is 0.800. The Bertz CT molecular complexity index is 188. The zero-order chi connectivity index (χ0) is 11.9. The Labute approximate surface area is 102 Å². The van der Waals surface area contributed by atoms with E-state index in [1.165, 1.54) is 64.2 Å². The van der Waals surface area contributed by atoms with Gasteiger partial charge in [0.15, 0.2) is 0 Å². The molecule has 0 rings (SSSR count). The molecule has 1 heteroatoms. The zero-order valence-electron chi connectivity index (χ0n) is 10.9. The van der Waals surface area contributed by atoms with Gasteiger partial charge in [0.25, 0.3) is 0 Å². The Balaban J connectivity index is 2.94. The Hall–Kier alpha value is -0.770. The standard InChI is InChI=1S/C15H27N/c1-2-3-4-5-6-7-8-9-10-11-12-13-14-15-16/h13-14H,2-12H2,1H3/b14-13-. The maximum absolute atomic E-state index is 8.29. The molecule has 0 amide bonds. The molecule has 0 aromatic heterocycles. The molecule has 0 spiro atoms. The third-order valence-electron chi connectivity index (χ3n) is 2.92. The summed E-state index contributed by atoms with van der Waals surface area (Å²) in [5.41, 5.74) is 0. The van der Waals surface area contributed by atoms with Gasteiger partial charge in [0.05, 0.1) is 6.07 Å². The van der Waals surface area contributed by atoms with E-state index >= 15 is 0 Å². The molecule has 16 heavy (non-hydrogen) atoms. The van der Waals surface area contributed by atoms with E-state index in [1.807, 2.05) is 12.1 Å². The minimum Gasteiger partial charge on any atom is -0.193 e. The van der Waals surface area contributed by atoms with Gasteiger partial charge in [-0.1, -0.05) is 70.8 Å². The fourth-order valence-electron chi connectivity index (χ4n) is 1.89. The first-order valence-electron chi connectivity index (χ1n) is 6.96. The molecule has 0 aromatic rings. The highest BCUT2D eigenvalue weighted by Crippen LogP contribution is 2.11. The Morgan fingerprint density at radius 1 is 0.812 bits per heavy atom. The molecule has 0 bridgehead atoms. The van der Waals surface area contributed by atoms with Crippen molar-refractivity contribution in [2.45, 2.75) is 77.6 Å². The SMILES string of the molecule is CCCCCCCCCCCC/C=C\C#N. The second-order valence-corrected chi connectivity index (χ2v) is 4.50. The van der Waals surface area contributed by atoms with Crippen LogP contribution in [0.15, 0.2) is 12.2 Å². The summed E-state index contributed by atoms with van der Waals surface area (Å²) in [6.45, 7) is 2.26. The van der Waals surface area contributed by atoms with E-state index < -0.39 is 0 Å². The molecule has 0 aliphatic heterocycles. The topological polar surface area (TPSA) is 23.8 Å². The summed E-state index contributed by atoms with van der Waals surface area (Å²) in [5, 5.41) is 8.29. The van der Waals surface area contributed by atoms with Gasteiger partial charge in [0.1, 0.15) is 0 Å². The van der Waals surface area contributed by atoms with Crippen LogP contribution in [0.2, 0.25) is 0 Å². The van der Waals surface area contributed by atoms with E-state index in [4.69, 9.17) is 5.26 Å². The molecule has 0 heterocycles. The van der Waals surface area contributed by atoms with Crippen molar-refractivity contribution in [1.82, 2.24) is 0 Å². The molecule has 0 fully saturated rings. The third-order valence-corrected chi connectivity index (χ3v) is 2.92. The smallest absolute Gasteiger partial charge is 0.0908 e. The summed E-state index contributed by atoms with van der Waals surface area (Å²) < 4.78 is 0. The minimum absolute atomic E-state index is 1.07. The van der Waals surface area contributed by atoms with Crippen molar-refractivity contribution in [3.63, 3.8) is 0 Å². The lowest BCUT2D eigenvalue weighted by Gasteiger charge is -2.01. The fourth-order valence-corrected chi connectivity index (χ4v) is 1.89. The van der Waals surface area contributed by atoms with E-state index in [0.29, 0.717) is 0 Å². The predicted molar refractivity (Wildman–Crippen MR) is 71.2 cm³/mol. The van der Waals surface area contributed by atoms with E-state index in [-0.39, 0.29) is 0 Å².